The number of benzene rings is 1. The molecule has 2 aromatic rings. The summed E-state index contributed by atoms with van der Waals surface area (Å²) in [7, 11) is 0. The number of fused-ring (bicyclic) bond motifs is 3. The number of aliphatic hydroxyl groups is 1. The van der Waals surface area contributed by atoms with Crippen LogP contribution < -0.4 is 10.4 Å². The molecule has 3 heterocycles. The molecule has 5 rings (SSSR count). The van der Waals surface area contributed by atoms with Crippen LogP contribution in [0, 0.1) is 0 Å². The number of ether oxygens (including phenoxy) is 3. The molecule has 166 valence electrons. The molecule has 7 nitrogen and oxygen atoms in total. The van der Waals surface area contributed by atoms with E-state index in [1.165, 1.54) is 11.1 Å². The van der Waals surface area contributed by atoms with E-state index < -0.39 is 5.60 Å². The number of nitrogens with zero attached hydrogens (tertiary/aromatic N) is 2. The molecule has 31 heavy (non-hydrogen) atoms. The van der Waals surface area contributed by atoms with Crippen LogP contribution in [0.5, 0.6) is 5.88 Å². The zero-order valence-electron chi connectivity index (χ0n) is 17.8. The Bertz CT molecular complexity index is 990. The predicted molar refractivity (Wildman–Crippen MR) is 115 cm³/mol. The summed E-state index contributed by atoms with van der Waals surface area (Å²) < 4.78 is 18.5. The van der Waals surface area contributed by atoms with Crippen LogP contribution in [-0.2, 0) is 28.9 Å². The first-order valence-corrected chi connectivity index (χ1v) is 11.4. The fourth-order valence-corrected chi connectivity index (χ4v) is 4.96. The second kappa shape index (κ2) is 8.73. The molecule has 0 bridgehead atoms. The van der Waals surface area contributed by atoms with Crippen LogP contribution in [0.3, 0.4) is 0 Å². The van der Waals surface area contributed by atoms with Gasteiger partial charge in [-0.05, 0) is 43.2 Å². The Kier molecular flexibility index (Phi) is 5.82. The zero-order valence-corrected chi connectivity index (χ0v) is 17.8. The summed E-state index contributed by atoms with van der Waals surface area (Å²) in [5.74, 6) is 0.325. The van der Waals surface area contributed by atoms with Gasteiger partial charge in [-0.15, -0.1) is 0 Å². The molecule has 1 unspecified atom stereocenters. The van der Waals surface area contributed by atoms with Gasteiger partial charge in [0, 0.05) is 18.2 Å². The minimum absolute atomic E-state index is 0.140. The summed E-state index contributed by atoms with van der Waals surface area (Å²) in [4.78, 5) is 16.7. The maximum Gasteiger partial charge on any atom is 0.351 e. The number of rotatable bonds is 6. The Morgan fingerprint density at radius 3 is 2.90 bits per heavy atom. The van der Waals surface area contributed by atoms with Crippen LogP contribution in [0.2, 0.25) is 0 Å². The fraction of sp³-hybridized carbons (Fsp3) is 0.583. The normalized spacial score (nSPS) is 22.0. The van der Waals surface area contributed by atoms with Crippen LogP contribution in [0.15, 0.2) is 29.1 Å². The lowest BCUT2D eigenvalue weighted by atomic mass is 9.90. The average molecular weight is 427 g/mol. The monoisotopic (exact) mass is 426 g/mol. The van der Waals surface area contributed by atoms with Gasteiger partial charge in [0.15, 0.2) is 0 Å². The van der Waals surface area contributed by atoms with Gasteiger partial charge < -0.3 is 19.3 Å². The van der Waals surface area contributed by atoms with Gasteiger partial charge >= 0.3 is 5.69 Å². The summed E-state index contributed by atoms with van der Waals surface area (Å²) in [5.41, 5.74) is 3.60. The van der Waals surface area contributed by atoms with Crippen molar-refractivity contribution >= 4 is 0 Å². The summed E-state index contributed by atoms with van der Waals surface area (Å²) in [6, 6.07) is 8.29. The lowest BCUT2D eigenvalue weighted by molar-refractivity contribution is -0.102. The zero-order chi connectivity index (χ0) is 21.3. The molecule has 1 N–H and O–H groups in total. The third-order valence-corrected chi connectivity index (χ3v) is 6.75. The van der Waals surface area contributed by atoms with Gasteiger partial charge in [-0.1, -0.05) is 31.0 Å². The smallest absolute Gasteiger partial charge is 0.351 e. The quantitative estimate of drug-likeness (QED) is 0.764. The Morgan fingerprint density at radius 2 is 2.10 bits per heavy atom. The maximum absolute atomic E-state index is 12.6. The molecule has 3 aliphatic rings. The standard InChI is InChI=1S/C24H30N2O5/c27-23-25-22(31-16-19-15-29-11-12-30-19)14-21-20-4-3-17(13-18(20)6-10-26(21)23)5-9-24(28)7-1-2-8-24/h3-4,13-14,19,28H,1-2,5-12,15-16H2. The lowest BCUT2D eigenvalue weighted by Crippen LogP contribution is -2.34. The van der Waals surface area contributed by atoms with E-state index in [9.17, 15) is 9.90 Å². The van der Waals surface area contributed by atoms with Gasteiger partial charge in [0.1, 0.15) is 12.7 Å². The fourth-order valence-electron chi connectivity index (χ4n) is 4.96. The highest BCUT2D eigenvalue weighted by Crippen LogP contribution is 2.35. The molecule has 7 heteroatoms. The molecule has 1 aromatic heterocycles. The molecule has 1 aliphatic carbocycles. The van der Waals surface area contributed by atoms with E-state index in [0.29, 0.717) is 38.9 Å². The van der Waals surface area contributed by atoms with Crippen molar-refractivity contribution in [3.05, 3.63) is 45.9 Å². The van der Waals surface area contributed by atoms with E-state index in [-0.39, 0.29) is 11.8 Å². The average Bonchev–Trinajstić information content (AvgIpc) is 3.23. The number of hydrogen-bond acceptors (Lipinski definition) is 6. The largest absolute Gasteiger partial charge is 0.475 e. The first-order valence-electron chi connectivity index (χ1n) is 11.4. The van der Waals surface area contributed by atoms with E-state index in [0.717, 1.165) is 56.2 Å². The van der Waals surface area contributed by atoms with Crippen molar-refractivity contribution in [2.45, 2.75) is 63.2 Å². The van der Waals surface area contributed by atoms with Crippen molar-refractivity contribution in [1.82, 2.24) is 9.55 Å². The van der Waals surface area contributed by atoms with Crippen molar-refractivity contribution in [1.29, 1.82) is 0 Å². The topological polar surface area (TPSA) is 82.8 Å². The van der Waals surface area contributed by atoms with Crippen LogP contribution in [0.25, 0.3) is 11.3 Å². The second-order valence-electron chi connectivity index (χ2n) is 8.97. The van der Waals surface area contributed by atoms with E-state index in [1.807, 2.05) is 6.07 Å². The number of aryl methyl sites for hydroxylation is 2. The molecule has 1 saturated heterocycles. The molecule has 2 fully saturated rings. The van der Waals surface area contributed by atoms with Crippen molar-refractivity contribution < 1.29 is 19.3 Å². The molecule has 0 amide bonds. The van der Waals surface area contributed by atoms with Gasteiger partial charge in [0.25, 0.3) is 0 Å². The third-order valence-electron chi connectivity index (χ3n) is 6.75. The summed E-state index contributed by atoms with van der Waals surface area (Å²) >= 11 is 0. The Balaban J connectivity index is 1.33. The molecular formula is C24H30N2O5. The first kappa shape index (κ1) is 20.7. The summed E-state index contributed by atoms with van der Waals surface area (Å²) in [6.45, 7) is 2.57. The van der Waals surface area contributed by atoms with E-state index in [1.54, 1.807) is 4.57 Å². The van der Waals surface area contributed by atoms with Crippen LogP contribution in [0.1, 0.15) is 43.2 Å². The van der Waals surface area contributed by atoms with E-state index in [4.69, 9.17) is 14.2 Å². The Hall–Kier alpha value is -2.22. The van der Waals surface area contributed by atoms with Crippen LogP contribution >= 0.6 is 0 Å². The minimum atomic E-state index is -0.485. The SMILES string of the molecule is O=c1nc(OCC2COCCO2)cc2n1CCc1cc(CCC3(O)CCCC3)ccc1-2. The van der Waals surface area contributed by atoms with Gasteiger partial charge in [-0.25, -0.2) is 4.79 Å². The maximum atomic E-state index is 12.6. The van der Waals surface area contributed by atoms with Crippen molar-refractivity contribution in [2.24, 2.45) is 0 Å². The number of hydrogen-bond donors (Lipinski definition) is 1. The summed E-state index contributed by atoms with van der Waals surface area (Å²) in [5, 5.41) is 10.7. The van der Waals surface area contributed by atoms with Crippen molar-refractivity contribution in [2.75, 3.05) is 26.4 Å². The molecule has 0 radical (unpaired) electrons. The van der Waals surface area contributed by atoms with Gasteiger partial charge in [0.05, 0.1) is 31.1 Å². The highest BCUT2D eigenvalue weighted by Gasteiger charge is 2.30. The molecule has 1 saturated carbocycles. The van der Waals surface area contributed by atoms with Gasteiger partial charge in [-0.3, -0.25) is 4.57 Å². The Labute approximate surface area is 182 Å². The van der Waals surface area contributed by atoms with E-state index >= 15 is 0 Å². The minimum Gasteiger partial charge on any atom is -0.475 e. The van der Waals surface area contributed by atoms with Crippen molar-refractivity contribution in [3.8, 4) is 17.1 Å². The van der Waals surface area contributed by atoms with E-state index in [2.05, 4.69) is 23.2 Å². The summed E-state index contributed by atoms with van der Waals surface area (Å²) in [6.07, 6.45) is 6.45. The molecular weight excluding hydrogens is 396 g/mol. The molecule has 1 aromatic carbocycles. The van der Waals surface area contributed by atoms with Crippen LogP contribution in [-0.4, -0.2) is 52.8 Å². The van der Waals surface area contributed by atoms with Crippen LogP contribution in [0.4, 0.5) is 0 Å². The first-order chi connectivity index (χ1) is 15.1. The molecule has 2 aliphatic heterocycles. The molecule has 0 spiro atoms. The molecule has 1 atom stereocenters. The van der Waals surface area contributed by atoms with Gasteiger partial charge in [-0.2, -0.15) is 4.98 Å². The van der Waals surface area contributed by atoms with Crippen molar-refractivity contribution in [3.63, 3.8) is 0 Å². The highest BCUT2D eigenvalue weighted by molar-refractivity contribution is 5.67. The van der Waals surface area contributed by atoms with Gasteiger partial charge in [0.2, 0.25) is 5.88 Å². The third kappa shape index (κ3) is 4.54. The lowest BCUT2D eigenvalue weighted by Gasteiger charge is -2.25. The Morgan fingerprint density at radius 1 is 1.23 bits per heavy atom. The number of aromatic nitrogens is 2. The highest BCUT2D eigenvalue weighted by atomic mass is 16.6. The predicted octanol–water partition coefficient (Wildman–Crippen LogP) is 2.50. The second-order valence-corrected chi connectivity index (χ2v) is 8.97.